The minimum Gasteiger partial charge on any atom is -0.449 e. The Bertz CT molecular complexity index is 1310. The standard InChI is InChI=1S/C21H17F3N4O6/c1-11-10-25-20(31)27(11)14-5-3-13(4-6-14)19(30)34-12(2)18(29)26-17-8-7-15(28(32)33)9-16(17)21(22,23)24/h3-10,12H,1-2H3,(H,25,31)(H,26,29). The molecule has 1 amide bonds. The second-order valence-corrected chi connectivity index (χ2v) is 7.14. The number of carbonyl (C=O) groups is 2. The number of nitrogens with zero attached hydrogens (tertiary/aromatic N) is 2. The van der Waals surface area contributed by atoms with Gasteiger partial charge in [0.2, 0.25) is 0 Å². The minimum absolute atomic E-state index is 0.0379. The Morgan fingerprint density at radius 2 is 1.82 bits per heavy atom. The van der Waals surface area contributed by atoms with Crippen molar-refractivity contribution in [2.75, 3.05) is 5.32 Å². The van der Waals surface area contributed by atoms with Gasteiger partial charge >= 0.3 is 17.8 Å². The number of aryl methyl sites for hydroxylation is 1. The molecule has 0 aliphatic heterocycles. The van der Waals surface area contributed by atoms with Gasteiger partial charge in [-0.15, -0.1) is 0 Å². The van der Waals surface area contributed by atoms with Crippen molar-refractivity contribution in [2.24, 2.45) is 0 Å². The van der Waals surface area contributed by atoms with E-state index in [1.807, 2.05) is 5.32 Å². The van der Waals surface area contributed by atoms with E-state index in [4.69, 9.17) is 4.74 Å². The SMILES string of the molecule is Cc1c[nH]c(=O)n1-c1ccc(C(=O)OC(C)C(=O)Nc2ccc([N+](=O)[O-])cc2C(F)(F)F)cc1. The van der Waals surface area contributed by atoms with Gasteiger partial charge in [0, 0.05) is 24.0 Å². The van der Waals surface area contributed by atoms with Crippen molar-refractivity contribution < 1.29 is 32.4 Å². The lowest BCUT2D eigenvalue weighted by Crippen LogP contribution is -2.30. The van der Waals surface area contributed by atoms with Crippen molar-refractivity contribution in [1.82, 2.24) is 9.55 Å². The highest BCUT2D eigenvalue weighted by Crippen LogP contribution is 2.37. The average Bonchev–Trinajstić information content (AvgIpc) is 3.11. The zero-order valence-electron chi connectivity index (χ0n) is 17.7. The molecule has 1 atom stereocenters. The van der Waals surface area contributed by atoms with E-state index in [1.54, 1.807) is 6.92 Å². The number of aromatic nitrogens is 2. The third-order valence-electron chi connectivity index (χ3n) is 4.75. The number of amides is 1. The van der Waals surface area contributed by atoms with E-state index < -0.39 is 46.0 Å². The molecule has 0 aliphatic rings. The van der Waals surface area contributed by atoms with Crippen LogP contribution in [0.3, 0.4) is 0 Å². The smallest absolute Gasteiger partial charge is 0.418 e. The zero-order valence-corrected chi connectivity index (χ0v) is 17.7. The maximum Gasteiger partial charge on any atom is 0.418 e. The van der Waals surface area contributed by atoms with Gasteiger partial charge in [0.25, 0.3) is 11.6 Å². The van der Waals surface area contributed by atoms with Gasteiger partial charge in [0.05, 0.1) is 27.4 Å². The number of benzene rings is 2. The third-order valence-corrected chi connectivity index (χ3v) is 4.75. The molecule has 1 aromatic heterocycles. The molecule has 3 aromatic rings. The topological polar surface area (TPSA) is 136 Å². The first-order valence-corrected chi connectivity index (χ1v) is 9.63. The summed E-state index contributed by atoms with van der Waals surface area (Å²) in [6, 6.07) is 7.54. The van der Waals surface area contributed by atoms with Crippen LogP contribution in [-0.4, -0.2) is 32.5 Å². The molecule has 178 valence electrons. The maximum absolute atomic E-state index is 13.3. The molecular formula is C21H17F3N4O6. The van der Waals surface area contributed by atoms with Crippen molar-refractivity contribution in [2.45, 2.75) is 26.1 Å². The van der Waals surface area contributed by atoms with Crippen LogP contribution in [-0.2, 0) is 15.7 Å². The van der Waals surface area contributed by atoms with Crippen LogP contribution in [0.1, 0.15) is 28.5 Å². The number of esters is 1. The summed E-state index contributed by atoms with van der Waals surface area (Å²) in [5.74, 6) is -1.99. The number of halogens is 3. The highest BCUT2D eigenvalue weighted by atomic mass is 19.4. The number of rotatable bonds is 6. The number of imidazole rings is 1. The molecule has 0 aliphatic carbocycles. The number of H-pyrrole nitrogens is 1. The van der Waals surface area contributed by atoms with Crippen molar-refractivity contribution in [1.29, 1.82) is 0 Å². The summed E-state index contributed by atoms with van der Waals surface area (Å²) < 4.78 is 46.2. The van der Waals surface area contributed by atoms with E-state index in [2.05, 4.69) is 4.98 Å². The van der Waals surface area contributed by atoms with Crippen LogP contribution in [0.15, 0.2) is 53.5 Å². The molecule has 3 rings (SSSR count). The second-order valence-electron chi connectivity index (χ2n) is 7.14. The monoisotopic (exact) mass is 478 g/mol. The first-order chi connectivity index (χ1) is 15.9. The molecule has 0 fully saturated rings. The molecule has 0 saturated heterocycles. The van der Waals surface area contributed by atoms with Gasteiger partial charge < -0.3 is 15.0 Å². The first-order valence-electron chi connectivity index (χ1n) is 9.63. The number of ether oxygens (including phenoxy) is 1. The summed E-state index contributed by atoms with van der Waals surface area (Å²) in [6.45, 7) is 2.86. The summed E-state index contributed by atoms with van der Waals surface area (Å²) >= 11 is 0. The molecule has 2 N–H and O–H groups in total. The Labute approximate surface area is 189 Å². The van der Waals surface area contributed by atoms with Gasteiger partial charge in [-0.3, -0.25) is 19.5 Å². The minimum atomic E-state index is -4.98. The molecule has 2 aromatic carbocycles. The largest absolute Gasteiger partial charge is 0.449 e. The van der Waals surface area contributed by atoms with Gasteiger partial charge in [0.15, 0.2) is 6.10 Å². The fourth-order valence-electron chi connectivity index (χ4n) is 3.03. The third kappa shape index (κ3) is 5.14. The lowest BCUT2D eigenvalue weighted by molar-refractivity contribution is -0.385. The average molecular weight is 478 g/mol. The van der Waals surface area contributed by atoms with E-state index in [0.717, 1.165) is 19.1 Å². The Morgan fingerprint density at radius 3 is 2.35 bits per heavy atom. The fourth-order valence-corrected chi connectivity index (χ4v) is 3.03. The molecule has 0 radical (unpaired) electrons. The van der Waals surface area contributed by atoms with Gasteiger partial charge in [-0.25, -0.2) is 9.59 Å². The predicted molar refractivity (Wildman–Crippen MR) is 113 cm³/mol. The number of anilines is 1. The van der Waals surface area contributed by atoms with E-state index in [0.29, 0.717) is 17.4 Å². The predicted octanol–water partition coefficient (Wildman–Crippen LogP) is 3.59. The number of carbonyl (C=O) groups excluding carboxylic acids is 2. The second kappa shape index (κ2) is 9.21. The fraction of sp³-hybridized carbons (Fsp3) is 0.190. The summed E-state index contributed by atoms with van der Waals surface area (Å²) in [6.07, 6.45) is -4.95. The highest BCUT2D eigenvalue weighted by Gasteiger charge is 2.36. The van der Waals surface area contributed by atoms with Crippen molar-refractivity contribution >= 4 is 23.3 Å². The van der Waals surface area contributed by atoms with Gasteiger partial charge in [0.1, 0.15) is 0 Å². The lowest BCUT2D eigenvalue weighted by atomic mass is 10.1. The maximum atomic E-state index is 13.3. The van der Waals surface area contributed by atoms with Crippen LogP contribution >= 0.6 is 0 Å². The molecule has 1 unspecified atom stereocenters. The number of alkyl halides is 3. The number of hydrogen-bond donors (Lipinski definition) is 2. The van der Waals surface area contributed by atoms with E-state index in [9.17, 15) is 37.7 Å². The molecule has 10 nitrogen and oxygen atoms in total. The summed E-state index contributed by atoms with van der Waals surface area (Å²) in [5, 5.41) is 12.8. The molecule has 1 heterocycles. The Kier molecular flexibility index (Phi) is 6.56. The summed E-state index contributed by atoms with van der Waals surface area (Å²) in [7, 11) is 0. The Hall–Kier alpha value is -4.42. The lowest BCUT2D eigenvalue weighted by Gasteiger charge is -2.17. The number of aromatic amines is 1. The number of nitrogens with one attached hydrogen (secondary N) is 2. The van der Waals surface area contributed by atoms with Gasteiger partial charge in [-0.05, 0) is 44.2 Å². The van der Waals surface area contributed by atoms with Crippen LogP contribution in [0.2, 0.25) is 0 Å². The summed E-state index contributed by atoms with van der Waals surface area (Å²) in [4.78, 5) is 48.8. The number of nitro groups is 1. The van der Waals surface area contributed by atoms with Crippen LogP contribution in [0.25, 0.3) is 5.69 Å². The Balaban J connectivity index is 1.72. The quantitative estimate of drug-likeness (QED) is 0.316. The number of hydrogen-bond acceptors (Lipinski definition) is 6. The molecule has 34 heavy (non-hydrogen) atoms. The summed E-state index contributed by atoms with van der Waals surface area (Å²) in [5.41, 5.74) is -2.16. The number of nitro benzene ring substituents is 1. The van der Waals surface area contributed by atoms with Crippen LogP contribution in [0.5, 0.6) is 0 Å². The number of non-ortho nitro benzene ring substituents is 1. The van der Waals surface area contributed by atoms with E-state index in [-0.39, 0.29) is 11.3 Å². The molecule has 0 bridgehead atoms. The molecule has 0 spiro atoms. The van der Waals surface area contributed by atoms with Crippen molar-refractivity contribution in [3.8, 4) is 5.69 Å². The normalized spacial score (nSPS) is 12.1. The van der Waals surface area contributed by atoms with Crippen molar-refractivity contribution in [3.05, 3.63) is 86.1 Å². The first kappa shape index (κ1) is 24.2. The molecule has 13 heteroatoms. The van der Waals surface area contributed by atoms with Gasteiger partial charge in [-0.2, -0.15) is 13.2 Å². The van der Waals surface area contributed by atoms with E-state index >= 15 is 0 Å². The van der Waals surface area contributed by atoms with Gasteiger partial charge in [-0.1, -0.05) is 0 Å². The van der Waals surface area contributed by atoms with Crippen LogP contribution in [0.4, 0.5) is 24.5 Å². The van der Waals surface area contributed by atoms with Crippen LogP contribution < -0.4 is 11.0 Å². The van der Waals surface area contributed by atoms with Crippen molar-refractivity contribution in [3.63, 3.8) is 0 Å². The van der Waals surface area contributed by atoms with Crippen LogP contribution in [0, 0.1) is 17.0 Å². The van der Waals surface area contributed by atoms with E-state index in [1.165, 1.54) is 35.0 Å². The molecular weight excluding hydrogens is 461 g/mol. The highest BCUT2D eigenvalue weighted by molar-refractivity contribution is 5.98. The molecule has 0 saturated carbocycles. The zero-order chi connectivity index (χ0) is 25.2. The Morgan fingerprint density at radius 1 is 1.18 bits per heavy atom.